The third-order valence-electron chi connectivity index (χ3n) is 7.29. The Morgan fingerprint density at radius 3 is 2.50 bits per heavy atom. The number of morpholine rings is 1. The van der Waals surface area contributed by atoms with Crippen LogP contribution in [0.15, 0.2) is 35.6 Å². The molecule has 180 valence electrons. The van der Waals surface area contributed by atoms with Gasteiger partial charge in [0.15, 0.2) is 11.5 Å². The van der Waals surface area contributed by atoms with Crippen LogP contribution in [-0.4, -0.2) is 58.4 Å². The van der Waals surface area contributed by atoms with Crippen molar-refractivity contribution in [3.63, 3.8) is 0 Å². The first-order valence-electron chi connectivity index (χ1n) is 12.3. The number of hydrogen-bond donors (Lipinski definition) is 1. The van der Waals surface area contributed by atoms with Crippen LogP contribution in [0.5, 0.6) is 5.88 Å². The van der Waals surface area contributed by atoms with Crippen LogP contribution in [0.4, 0.5) is 11.5 Å². The second kappa shape index (κ2) is 9.33. The van der Waals surface area contributed by atoms with Crippen LogP contribution in [-0.2, 0) is 9.53 Å². The Morgan fingerprint density at radius 2 is 1.79 bits per heavy atom. The maximum absolute atomic E-state index is 12.6. The highest BCUT2D eigenvalue weighted by atomic mass is 16.5. The van der Waals surface area contributed by atoms with Gasteiger partial charge in [-0.2, -0.15) is 4.98 Å². The second-order valence-electron chi connectivity index (χ2n) is 10.0. The molecule has 1 saturated carbocycles. The fourth-order valence-corrected chi connectivity index (χ4v) is 5.31. The molecule has 0 radical (unpaired) electrons. The van der Waals surface area contributed by atoms with Gasteiger partial charge >= 0.3 is 0 Å². The molecule has 2 fully saturated rings. The summed E-state index contributed by atoms with van der Waals surface area (Å²) >= 11 is 0. The third kappa shape index (κ3) is 4.64. The van der Waals surface area contributed by atoms with Crippen molar-refractivity contribution in [2.45, 2.75) is 57.5 Å². The van der Waals surface area contributed by atoms with E-state index in [0.29, 0.717) is 54.8 Å². The summed E-state index contributed by atoms with van der Waals surface area (Å²) in [5, 5.41) is 0. The predicted molar refractivity (Wildman–Crippen MR) is 131 cm³/mol. The molecule has 5 rings (SSSR count). The number of anilines is 1. The highest BCUT2D eigenvalue weighted by Crippen LogP contribution is 2.40. The molecule has 1 aromatic carbocycles. The number of aromatic nitrogens is 2. The molecule has 3 aliphatic rings. The van der Waals surface area contributed by atoms with Crippen molar-refractivity contribution in [2.75, 3.05) is 32.0 Å². The van der Waals surface area contributed by atoms with Crippen molar-refractivity contribution in [3.8, 4) is 5.88 Å². The summed E-state index contributed by atoms with van der Waals surface area (Å²) in [6, 6.07) is 8.66. The Balaban J connectivity index is 1.23. The summed E-state index contributed by atoms with van der Waals surface area (Å²) in [6.07, 6.45) is 6.52. The lowest BCUT2D eigenvalue weighted by Gasteiger charge is -2.33. The molecule has 2 aromatic rings. The largest absolute Gasteiger partial charge is 0.463 e. The SMILES string of the molecule is CC1(C)Oc2ncnc(N)c2N=C1c1ccc([C@H]2CC[C@H](CC(=O)N3CCOCC3)CC2)cc1. The summed E-state index contributed by atoms with van der Waals surface area (Å²) in [5.74, 6) is 2.06. The second-order valence-corrected chi connectivity index (χ2v) is 10.0. The number of ether oxygens (including phenoxy) is 2. The molecular formula is C26H33N5O3. The smallest absolute Gasteiger partial charge is 0.246 e. The minimum absolute atomic E-state index is 0.293. The number of benzene rings is 1. The quantitative estimate of drug-likeness (QED) is 0.738. The Labute approximate surface area is 200 Å². The van der Waals surface area contributed by atoms with Gasteiger partial charge in [0.25, 0.3) is 0 Å². The van der Waals surface area contributed by atoms with Crippen molar-refractivity contribution in [2.24, 2.45) is 10.9 Å². The summed E-state index contributed by atoms with van der Waals surface area (Å²) in [4.78, 5) is 27.6. The molecule has 1 aromatic heterocycles. The normalized spacial score (nSPS) is 24.1. The Kier molecular flexibility index (Phi) is 6.25. The zero-order valence-corrected chi connectivity index (χ0v) is 20.0. The van der Waals surface area contributed by atoms with Crippen molar-refractivity contribution in [3.05, 3.63) is 41.7 Å². The van der Waals surface area contributed by atoms with Crippen LogP contribution < -0.4 is 10.5 Å². The van der Waals surface area contributed by atoms with E-state index in [1.54, 1.807) is 0 Å². The van der Waals surface area contributed by atoms with Crippen LogP contribution in [0.1, 0.15) is 63.0 Å². The predicted octanol–water partition coefficient (Wildman–Crippen LogP) is 3.87. The molecule has 1 aliphatic carbocycles. The number of hydrogen-bond acceptors (Lipinski definition) is 7. The average Bonchev–Trinajstić information content (AvgIpc) is 2.84. The van der Waals surface area contributed by atoms with Gasteiger partial charge in [0.1, 0.15) is 11.9 Å². The van der Waals surface area contributed by atoms with Gasteiger partial charge < -0.3 is 20.1 Å². The molecule has 8 heteroatoms. The van der Waals surface area contributed by atoms with Gasteiger partial charge in [0.2, 0.25) is 11.8 Å². The van der Waals surface area contributed by atoms with Crippen LogP contribution in [0.3, 0.4) is 0 Å². The Bertz CT molecular complexity index is 1070. The van der Waals surface area contributed by atoms with E-state index >= 15 is 0 Å². The van der Waals surface area contributed by atoms with E-state index in [1.807, 2.05) is 18.7 Å². The molecule has 2 aliphatic heterocycles. The number of nitrogens with zero attached hydrogens (tertiary/aromatic N) is 4. The van der Waals surface area contributed by atoms with E-state index < -0.39 is 5.60 Å². The number of amides is 1. The van der Waals surface area contributed by atoms with E-state index in [2.05, 4.69) is 34.2 Å². The minimum Gasteiger partial charge on any atom is -0.463 e. The molecule has 34 heavy (non-hydrogen) atoms. The first-order valence-corrected chi connectivity index (χ1v) is 12.3. The maximum atomic E-state index is 12.6. The van der Waals surface area contributed by atoms with Gasteiger partial charge in [-0.1, -0.05) is 24.3 Å². The molecule has 2 N–H and O–H groups in total. The Hall–Kier alpha value is -3.00. The lowest BCUT2D eigenvalue weighted by atomic mass is 9.77. The van der Waals surface area contributed by atoms with Crippen molar-refractivity contribution in [1.82, 2.24) is 14.9 Å². The number of aliphatic imine (C=N–C) groups is 1. The number of nitrogens with two attached hydrogens (primary N) is 1. The lowest BCUT2D eigenvalue weighted by molar-refractivity contribution is -0.136. The third-order valence-corrected chi connectivity index (χ3v) is 7.29. The van der Waals surface area contributed by atoms with Gasteiger partial charge in [-0.15, -0.1) is 0 Å². The number of fused-ring (bicyclic) bond motifs is 1. The van der Waals surface area contributed by atoms with E-state index in [1.165, 1.54) is 11.9 Å². The van der Waals surface area contributed by atoms with Crippen LogP contribution in [0, 0.1) is 5.92 Å². The monoisotopic (exact) mass is 463 g/mol. The number of carbonyl (C=O) groups excluding carboxylic acids is 1. The first-order chi connectivity index (χ1) is 16.4. The summed E-state index contributed by atoms with van der Waals surface area (Å²) in [5.41, 5.74) is 9.05. The van der Waals surface area contributed by atoms with Crippen LogP contribution in [0.2, 0.25) is 0 Å². The molecule has 0 spiro atoms. The fourth-order valence-electron chi connectivity index (χ4n) is 5.31. The molecule has 1 amide bonds. The Morgan fingerprint density at radius 1 is 1.09 bits per heavy atom. The zero-order chi connectivity index (χ0) is 23.7. The molecule has 8 nitrogen and oxygen atoms in total. The first kappa shape index (κ1) is 22.8. The average molecular weight is 464 g/mol. The van der Waals surface area contributed by atoms with Gasteiger partial charge in [0.05, 0.1) is 18.9 Å². The fraction of sp³-hybridized carbons (Fsp3) is 0.538. The standard InChI is InChI=1S/C26H33N5O3/c1-26(2)23(30-22-24(27)28-16-29-25(22)34-26)20-9-7-19(8-10-20)18-5-3-17(4-6-18)15-21(32)31-11-13-33-14-12-31/h7-10,16-18H,3-6,11-15H2,1-2H3,(H2,27,28,29)/t17-,18-. The van der Waals surface area contributed by atoms with Gasteiger partial charge in [-0.05, 0) is 56.9 Å². The summed E-state index contributed by atoms with van der Waals surface area (Å²) < 4.78 is 11.5. The van der Waals surface area contributed by atoms with E-state index in [0.717, 1.165) is 50.0 Å². The van der Waals surface area contributed by atoms with Gasteiger partial charge in [0, 0.05) is 25.1 Å². The van der Waals surface area contributed by atoms with Crippen LogP contribution in [0.25, 0.3) is 0 Å². The van der Waals surface area contributed by atoms with Crippen LogP contribution >= 0.6 is 0 Å². The summed E-state index contributed by atoms with van der Waals surface area (Å²) in [6.45, 7) is 6.77. The molecule has 0 unspecified atom stereocenters. The van der Waals surface area contributed by atoms with Gasteiger partial charge in [-0.3, -0.25) is 4.79 Å². The van der Waals surface area contributed by atoms with Crippen molar-refractivity contribution < 1.29 is 14.3 Å². The lowest BCUT2D eigenvalue weighted by Crippen LogP contribution is -2.41. The van der Waals surface area contributed by atoms with E-state index in [-0.39, 0.29) is 0 Å². The highest BCUT2D eigenvalue weighted by Gasteiger charge is 2.35. The van der Waals surface area contributed by atoms with Gasteiger partial charge in [-0.25, -0.2) is 9.98 Å². The highest BCUT2D eigenvalue weighted by molar-refractivity contribution is 6.09. The number of rotatable bonds is 4. The maximum Gasteiger partial charge on any atom is 0.246 e. The summed E-state index contributed by atoms with van der Waals surface area (Å²) in [7, 11) is 0. The zero-order valence-electron chi connectivity index (χ0n) is 20.0. The number of nitrogen functional groups attached to an aromatic ring is 1. The minimum atomic E-state index is -0.625. The molecule has 0 bridgehead atoms. The van der Waals surface area contributed by atoms with E-state index in [9.17, 15) is 4.79 Å². The molecule has 1 saturated heterocycles. The molecular weight excluding hydrogens is 430 g/mol. The van der Waals surface area contributed by atoms with Crippen molar-refractivity contribution in [1.29, 1.82) is 0 Å². The number of carbonyl (C=O) groups is 1. The molecule has 3 heterocycles. The van der Waals surface area contributed by atoms with E-state index in [4.69, 9.17) is 20.2 Å². The molecule has 0 atom stereocenters. The van der Waals surface area contributed by atoms with Crippen molar-refractivity contribution >= 4 is 23.1 Å². The topological polar surface area (TPSA) is 103 Å².